The summed E-state index contributed by atoms with van der Waals surface area (Å²) < 4.78 is 0. The van der Waals surface area contributed by atoms with Crippen molar-refractivity contribution in [1.29, 1.82) is 0 Å². The van der Waals surface area contributed by atoms with Gasteiger partial charge in [0.25, 0.3) is 0 Å². The van der Waals surface area contributed by atoms with Gasteiger partial charge in [-0.2, -0.15) is 0 Å². The Morgan fingerprint density at radius 2 is 1.94 bits per heavy atom. The Morgan fingerprint density at radius 1 is 1.12 bits per heavy atom. The number of aromatic nitrogens is 1. The lowest BCUT2D eigenvalue weighted by Crippen LogP contribution is -2.06. The maximum absolute atomic E-state index is 4.44. The van der Waals surface area contributed by atoms with Crippen molar-refractivity contribution < 1.29 is 0 Å². The molecule has 0 unspecified atom stereocenters. The zero-order valence-electron chi connectivity index (χ0n) is 9.89. The first-order chi connectivity index (χ1) is 8.40. The lowest BCUT2D eigenvalue weighted by Gasteiger charge is -2.07. The molecule has 0 bridgehead atoms. The molecule has 0 atom stereocenters. The topological polar surface area (TPSA) is 24.9 Å². The largest absolute Gasteiger partial charge is 0.316 e. The van der Waals surface area contributed by atoms with Gasteiger partial charge in [0.05, 0.1) is 0 Å². The number of hydrogen-bond donors (Lipinski definition) is 1. The molecule has 0 spiro atoms. The first-order valence-corrected chi connectivity index (χ1v) is 6.64. The van der Waals surface area contributed by atoms with Gasteiger partial charge in [0, 0.05) is 18.5 Å². The SMILES string of the molecule is CNCc1cccnc1SCc1ccccc1. The zero-order chi connectivity index (χ0) is 11.9. The van der Waals surface area contributed by atoms with Crippen molar-refractivity contribution in [1.82, 2.24) is 10.3 Å². The third kappa shape index (κ3) is 3.58. The molecular formula is C14H16N2S. The lowest BCUT2D eigenvalue weighted by atomic mass is 10.2. The van der Waals surface area contributed by atoms with Crippen LogP contribution in [0.2, 0.25) is 0 Å². The molecule has 0 aliphatic carbocycles. The van der Waals surface area contributed by atoms with Crippen molar-refractivity contribution in [3.63, 3.8) is 0 Å². The van der Waals surface area contributed by atoms with Gasteiger partial charge >= 0.3 is 0 Å². The van der Waals surface area contributed by atoms with Gasteiger partial charge in [0.2, 0.25) is 0 Å². The molecule has 0 radical (unpaired) electrons. The van der Waals surface area contributed by atoms with Crippen LogP contribution in [0.3, 0.4) is 0 Å². The molecule has 2 rings (SSSR count). The Bertz CT molecular complexity index is 457. The normalized spacial score (nSPS) is 10.4. The molecule has 0 saturated heterocycles. The van der Waals surface area contributed by atoms with Crippen molar-refractivity contribution in [3.05, 3.63) is 59.8 Å². The molecule has 1 heterocycles. The Kier molecular flexibility index (Phi) is 4.59. The van der Waals surface area contributed by atoms with E-state index in [1.807, 2.05) is 25.4 Å². The summed E-state index contributed by atoms with van der Waals surface area (Å²) in [7, 11) is 1.96. The van der Waals surface area contributed by atoms with E-state index in [2.05, 4.69) is 40.6 Å². The standard InChI is InChI=1S/C14H16N2S/c1-15-10-13-8-5-9-16-14(13)17-11-12-6-3-2-4-7-12/h2-9,15H,10-11H2,1H3. The second kappa shape index (κ2) is 6.42. The number of pyridine rings is 1. The predicted molar refractivity (Wildman–Crippen MR) is 73.0 cm³/mol. The highest BCUT2D eigenvalue weighted by Gasteiger charge is 2.03. The van der Waals surface area contributed by atoms with Crippen LogP contribution in [-0.4, -0.2) is 12.0 Å². The molecule has 1 N–H and O–H groups in total. The van der Waals surface area contributed by atoms with Crippen LogP contribution in [0, 0.1) is 0 Å². The van der Waals surface area contributed by atoms with E-state index < -0.39 is 0 Å². The molecule has 0 fully saturated rings. The molecule has 2 nitrogen and oxygen atoms in total. The van der Waals surface area contributed by atoms with Gasteiger partial charge in [-0.05, 0) is 24.2 Å². The zero-order valence-corrected chi connectivity index (χ0v) is 10.7. The van der Waals surface area contributed by atoms with Crippen LogP contribution in [-0.2, 0) is 12.3 Å². The average Bonchev–Trinajstić information content (AvgIpc) is 2.39. The van der Waals surface area contributed by atoms with Crippen LogP contribution in [0.5, 0.6) is 0 Å². The van der Waals surface area contributed by atoms with E-state index in [1.54, 1.807) is 11.8 Å². The predicted octanol–water partition coefficient (Wildman–Crippen LogP) is 3.09. The minimum absolute atomic E-state index is 0.866. The molecule has 17 heavy (non-hydrogen) atoms. The van der Waals surface area contributed by atoms with E-state index in [4.69, 9.17) is 0 Å². The third-order valence-electron chi connectivity index (χ3n) is 2.44. The van der Waals surface area contributed by atoms with Crippen molar-refractivity contribution in [3.8, 4) is 0 Å². The van der Waals surface area contributed by atoms with E-state index in [0.29, 0.717) is 0 Å². The van der Waals surface area contributed by atoms with E-state index in [9.17, 15) is 0 Å². The van der Waals surface area contributed by atoms with Crippen LogP contribution in [0.15, 0.2) is 53.7 Å². The Labute approximate surface area is 106 Å². The first kappa shape index (κ1) is 12.1. The molecule has 2 aromatic rings. The number of rotatable bonds is 5. The fraction of sp³-hybridized carbons (Fsp3) is 0.214. The summed E-state index contributed by atoms with van der Waals surface area (Å²) in [4.78, 5) is 4.44. The molecule has 88 valence electrons. The fourth-order valence-electron chi connectivity index (χ4n) is 1.60. The molecule has 0 amide bonds. The number of nitrogens with zero attached hydrogens (tertiary/aromatic N) is 1. The van der Waals surface area contributed by atoms with Crippen molar-refractivity contribution in [2.75, 3.05) is 7.05 Å². The number of hydrogen-bond acceptors (Lipinski definition) is 3. The lowest BCUT2D eigenvalue weighted by molar-refractivity contribution is 0.789. The molecule has 0 aliphatic heterocycles. The highest BCUT2D eigenvalue weighted by molar-refractivity contribution is 7.98. The van der Waals surface area contributed by atoms with Crippen LogP contribution >= 0.6 is 11.8 Å². The molecule has 3 heteroatoms. The summed E-state index contributed by atoms with van der Waals surface area (Å²) in [5.74, 6) is 0.967. The van der Waals surface area contributed by atoms with Crippen molar-refractivity contribution in [2.24, 2.45) is 0 Å². The van der Waals surface area contributed by atoms with Crippen LogP contribution in [0.4, 0.5) is 0 Å². The minimum atomic E-state index is 0.866. The minimum Gasteiger partial charge on any atom is -0.316 e. The highest BCUT2D eigenvalue weighted by atomic mass is 32.2. The summed E-state index contributed by atoms with van der Waals surface area (Å²) in [5.41, 5.74) is 2.59. The number of thioether (sulfide) groups is 1. The second-order valence-electron chi connectivity index (χ2n) is 3.77. The molecular weight excluding hydrogens is 228 g/mol. The van der Waals surface area contributed by atoms with Crippen LogP contribution < -0.4 is 5.32 Å². The summed E-state index contributed by atoms with van der Waals surface area (Å²) in [6, 6.07) is 14.6. The van der Waals surface area contributed by atoms with Gasteiger partial charge in [-0.25, -0.2) is 4.98 Å². The molecule has 1 aromatic heterocycles. The third-order valence-corrected chi connectivity index (χ3v) is 3.55. The first-order valence-electron chi connectivity index (χ1n) is 5.65. The van der Waals surface area contributed by atoms with Crippen molar-refractivity contribution >= 4 is 11.8 Å². The maximum atomic E-state index is 4.44. The average molecular weight is 244 g/mol. The second-order valence-corrected chi connectivity index (χ2v) is 4.74. The van der Waals surface area contributed by atoms with Gasteiger partial charge in [-0.1, -0.05) is 36.4 Å². The summed E-state index contributed by atoms with van der Waals surface area (Å²) in [6.07, 6.45) is 1.85. The Morgan fingerprint density at radius 3 is 2.71 bits per heavy atom. The van der Waals surface area contributed by atoms with Gasteiger partial charge in [0.1, 0.15) is 5.03 Å². The Hall–Kier alpha value is -1.32. The van der Waals surface area contributed by atoms with Crippen LogP contribution in [0.25, 0.3) is 0 Å². The number of nitrogens with one attached hydrogen (secondary N) is 1. The summed E-state index contributed by atoms with van der Waals surface area (Å²) in [5, 5.41) is 4.29. The quantitative estimate of drug-likeness (QED) is 0.818. The summed E-state index contributed by atoms with van der Waals surface area (Å²) in [6.45, 7) is 0.866. The van der Waals surface area contributed by atoms with Gasteiger partial charge < -0.3 is 5.32 Å². The van der Waals surface area contributed by atoms with Gasteiger partial charge in [-0.15, -0.1) is 11.8 Å². The maximum Gasteiger partial charge on any atom is 0.101 e. The fourth-order valence-corrected chi connectivity index (χ4v) is 2.56. The smallest absolute Gasteiger partial charge is 0.101 e. The Balaban J connectivity index is 2.03. The van der Waals surface area contributed by atoms with Gasteiger partial charge in [0.15, 0.2) is 0 Å². The van der Waals surface area contributed by atoms with E-state index >= 15 is 0 Å². The highest BCUT2D eigenvalue weighted by Crippen LogP contribution is 2.23. The molecule has 1 aromatic carbocycles. The number of benzene rings is 1. The molecule has 0 saturated carbocycles. The van der Waals surface area contributed by atoms with E-state index in [0.717, 1.165) is 17.3 Å². The monoisotopic (exact) mass is 244 g/mol. The molecule has 0 aliphatic rings. The van der Waals surface area contributed by atoms with E-state index in [-0.39, 0.29) is 0 Å². The van der Waals surface area contributed by atoms with E-state index in [1.165, 1.54) is 11.1 Å². The van der Waals surface area contributed by atoms with Gasteiger partial charge in [-0.3, -0.25) is 0 Å². The summed E-state index contributed by atoms with van der Waals surface area (Å²) >= 11 is 1.79. The van der Waals surface area contributed by atoms with Crippen LogP contribution in [0.1, 0.15) is 11.1 Å². The van der Waals surface area contributed by atoms with Crippen molar-refractivity contribution in [2.45, 2.75) is 17.3 Å².